The number of rotatable bonds is 3. The average molecular weight is 285 g/mol. The molecule has 1 saturated carbocycles. The summed E-state index contributed by atoms with van der Waals surface area (Å²) in [5, 5.41) is 3.73. The largest absolute Gasteiger partial charge is 0.307 e. The molecule has 0 amide bonds. The summed E-state index contributed by atoms with van der Waals surface area (Å²) in [6, 6.07) is 13.8. The van der Waals surface area contributed by atoms with Gasteiger partial charge in [0.1, 0.15) is 0 Å². The van der Waals surface area contributed by atoms with Crippen molar-refractivity contribution < 1.29 is 0 Å². The molecule has 2 saturated heterocycles. The zero-order chi connectivity index (χ0) is 14.2. The number of benzene rings is 1. The van der Waals surface area contributed by atoms with E-state index in [1.165, 1.54) is 37.9 Å². The Labute approximate surface area is 128 Å². The van der Waals surface area contributed by atoms with Crippen LogP contribution in [0.4, 0.5) is 0 Å². The SMILES string of the molecule is CC1CNC(c2ccccc2)CN1C1CCN(C2CC2)C1. The Morgan fingerprint density at radius 3 is 2.57 bits per heavy atom. The summed E-state index contributed by atoms with van der Waals surface area (Å²) in [5.74, 6) is 0. The molecule has 1 aromatic rings. The normalized spacial score (nSPS) is 35.2. The van der Waals surface area contributed by atoms with Crippen LogP contribution in [0.25, 0.3) is 0 Å². The molecular weight excluding hydrogens is 258 g/mol. The molecule has 3 atom stereocenters. The Hall–Kier alpha value is -0.900. The fourth-order valence-electron chi connectivity index (χ4n) is 4.11. The summed E-state index contributed by atoms with van der Waals surface area (Å²) in [6.07, 6.45) is 4.25. The fourth-order valence-corrected chi connectivity index (χ4v) is 4.11. The van der Waals surface area contributed by atoms with E-state index in [-0.39, 0.29) is 0 Å². The molecular formula is C18H27N3. The van der Waals surface area contributed by atoms with Gasteiger partial charge in [-0.25, -0.2) is 0 Å². The van der Waals surface area contributed by atoms with Gasteiger partial charge in [-0.2, -0.15) is 0 Å². The van der Waals surface area contributed by atoms with Gasteiger partial charge in [-0.05, 0) is 31.7 Å². The topological polar surface area (TPSA) is 18.5 Å². The molecule has 2 heterocycles. The number of hydrogen-bond acceptors (Lipinski definition) is 3. The first-order chi connectivity index (χ1) is 10.3. The van der Waals surface area contributed by atoms with E-state index >= 15 is 0 Å². The van der Waals surface area contributed by atoms with Crippen molar-refractivity contribution in [3.63, 3.8) is 0 Å². The van der Waals surface area contributed by atoms with Crippen LogP contribution in [0.1, 0.15) is 37.8 Å². The summed E-state index contributed by atoms with van der Waals surface area (Å²) in [7, 11) is 0. The predicted octanol–water partition coefficient (Wildman–Crippen LogP) is 2.26. The average Bonchev–Trinajstić information content (AvgIpc) is 3.27. The number of piperazine rings is 1. The second-order valence-corrected chi connectivity index (χ2v) is 7.09. The van der Waals surface area contributed by atoms with Crippen LogP contribution in [0.5, 0.6) is 0 Å². The monoisotopic (exact) mass is 285 g/mol. The molecule has 0 bridgehead atoms. The lowest BCUT2D eigenvalue weighted by Crippen LogP contribution is -2.55. The minimum absolute atomic E-state index is 0.498. The highest BCUT2D eigenvalue weighted by Crippen LogP contribution is 2.32. The maximum Gasteiger partial charge on any atom is 0.0450 e. The van der Waals surface area contributed by atoms with E-state index in [0.717, 1.165) is 25.2 Å². The molecule has 114 valence electrons. The van der Waals surface area contributed by atoms with E-state index in [2.05, 4.69) is 52.4 Å². The van der Waals surface area contributed by atoms with Gasteiger partial charge in [-0.1, -0.05) is 30.3 Å². The second kappa shape index (κ2) is 5.71. The van der Waals surface area contributed by atoms with Gasteiger partial charge in [0.05, 0.1) is 0 Å². The van der Waals surface area contributed by atoms with Crippen LogP contribution in [0, 0.1) is 0 Å². The standard InChI is InChI=1S/C18H27N3/c1-14-11-19-18(15-5-3-2-4-6-15)13-21(14)17-9-10-20(12-17)16-7-8-16/h2-6,14,16-19H,7-13H2,1H3. The first kappa shape index (κ1) is 13.7. The van der Waals surface area contributed by atoms with E-state index in [1.807, 2.05) is 0 Å². The minimum atomic E-state index is 0.498. The van der Waals surface area contributed by atoms with Crippen LogP contribution in [-0.4, -0.2) is 54.1 Å². The van der Waals surface area contributed by atoms with Crippen LogP contribution >= 0.6 is 0 Å². The van der Waals surface area contributed by atoms with Crippen molar-refractivity contribution in [1.29, 1.82) is 0 Å². The first-order valence-corrected chi connectivity index (χ1v) is 8.59. The van der Waals surface area contributed by atoms with E-state index in [0.29, 0.717) is 12.1 Å². The number of nitrogens with zero attached hydrogens (tertiary/aromatic N) is 2. The Morgan fingerprint density at radius 1 is 1.00 bits per heavy atom. The molecule has 0 radical (unpaired) electrons. The molecule has 3 heteroatoms. The summed E-state index contributed by atoms with van der Waals surface area (Å²) in [4.78, 5) is 5.51. The van der Waals surface area contributed by atoms with Crippen LogP contribution in [0.3, 0.4) is 0 Å². The Kier molecular flexibility index (Phi) is 3.74. The van der Waals surface area contributed by atoms with Crippen LogP contribution in [0.15, 0.2) is 30.3 Å². The zero-order valence-electron chi connectivity index (χ0n) is 13.0. The lowest BCUT2D eigenvalue weighted by molar-refractivity contribution is 0.0923. The van der Waals surface area contributed by atoms with Crippen LogP contribution in [0.2, 0.25) is 0 Å². The number of nitrogens with one attached hydrogen (secondary N) is 1. The zero-order valence-corrected chi connectivity index (χ0v) is 13.0. The van der Waals surface area contributed by atoms with Gasteiger partial charge in [0.15, 0.2) is 0 Å². The third-order valence-electron chi connectivity index (χ3n) is 5.55. The van der Waals surface area contributed by atoms with Crippen LogP contribution in [-0.2, 0) is 0 Å². The molecule has 4 rings (SSSR count). The second-order valence-electron chi connectivity index (χ2n) is 7.09. The highest BCUT2D eigenvalue weighted by atomic mass is 15.3. The molecule has 2 aliphatic heterocycles. The van der Waals surface area contributed by atoms with E-state index in [9.17, 15) is 0 Å². The van der Waals surface area contributed by atoms with E-state index < -0.39 is 0 Å². The molecule has 0 spiro atoms. The molecule has 1 N–H and O–H groups in total. The Bertz CT molecular complexity index is 471. The molecule has 3 unspecified atom stereocenters. The predicted molar refractivity (Wildman–Crippen MR) is 86.4 cm³/mol. The van der Waals surface area contributed by atoms with Crippen LogP contribution < -0.4 is 5.32 Å². The van der Waals surface area contributed by atoms with Gasteiger partial charge < -0.3 is 5.32 Å². The Balaban J connectivity index is 1.44. The summed E-state index contributed by atoms with van der Waals surface area (Å²) >= 11 is 0. The first-order valence-electron chi connectivity index (χ1n) is 8.59. The summed E-state index contributed by atoms with van der Waals surface area (Å²) in [5.41, 5.74) is 1.44. The van der Waals surface area contributed by atoms with Crippen molar-refractivity contribution >= 4 is 0 Å². The van der Waals surface area contributed by atoms with Crippen molar-refractivity contribution in [1.82, 2.24) is 15.1 Å². The van der Waals surface area contributed by atoms with Gasteiger partial charge >= 0.3 is 0 Å². The molecule has 3 aliphatic rings. The highest BCUT2D eigenvalue weighted by Gasteiger charge is 2.39. The fraction of sp³-hybridized carbons (Fsp3) is 0.667. The molecule has 1 aromatic carbocycles. The molecule has 0 aromatic heterocycles. The highest BCUT2D eigenvalue weighted by molar-refractivity contribution is 5.20. The lowest BCUT2D eigenvalue weighted by Gasteiger charge is -2.42. The summed E-state index contributed by atoms with van der Waals surface area (Å²) < 4.78 is 0. The lowest BCUT2D eigenvalue weighted by atomic mass is 10.00. The maximum atomic E-state index is 3.73. The van der Waals surface area contributed by atoms with Gasteiger partial charge in [0, 0.05) is 50.3 Å². The molecule has 3 nitrogen and oxygen atoms in total. The van der Waals surface area contributed by atoms with Crippen molar-refractivity contribution in [3.05, 3.63) is 35.9 Å². The molecule has 21 heavy (non-hydrogen) atoms. The smallest absolute Gasteiger partial charge is 0.0450 e. The van der Waals surface area contributed by atoms with Crippen molar-refractivity contribution in [2.45, 2.75) is 50.4 Å². The molecule has 1 aliphatic carbocycles. The van der Waals surface area contributed by atoms with Gasteiger partial charge in [0.25, 0.3) is 0 Å². The van der Waals surface area contributed by atoms with Crippen molar-refractivity contribution in [2.24, 2.45) is 0 Å². The summed E-state index contributed by atoms with van der Waals surface area (Å²) in [6.45, 7) is 7.28. The van der Waals surface area contributed by atoms with E-state index in [4.69, 9.17) is 0 Å². The number of likely N-dealkylation sites (tertiary alicyclic amines) is 1. The molecule has 3 fully saturated rings. The van der Waals surface area contributed by atoms with Gasteiger partial charge in [-0.3, -0.25) is 9.80 Å². The quantitative estimate of drug-likeness (QED) is 0.919. The third-order valence-corrected chi connectivity index (χ3v) is 5.55. The van der Waals surface area contributed by atoms with Crippen molar-refractivity contribution in [2.75, 3.05) is 26.2 Å². The van der Waals surface area contributed by atoms with Gasteiger partial charge in [-0.15, -0.1) is 0 Å². The van der Waals surface area contributed by atoms with Crippen molar-refractivity contribution in [3.8, 4) is 0 Å². The van der Waals surface area contributed by atoms with Gasteiger partial charge in [0.2, 0.25) is 0 Å². The van der Waals surface area contributed by atoms with E-state index in [1.54, 1.807) is 0 Å². The maximum absolute atomic E-state index is 3.73. The minimum Gasteiger partial charge on any atom is -0.307 e. The third kappa shape index (κ3) is 2.87. The number of hydrogen-bond donors (Lipinski definition) is 1. The Morgan fingerprint density at radius 2 is 1.81 bits per heavy atom.